The van der Waals surface area contributed by atoms with Gasteiger partial charge in [-0.05, 0) is 43.2 Å². The van der Waals surface area contributed by atoms with Gasteiger partial charge in [-0.3, -0.25) is 9.59 Å². The maximum atomic E-state index is 12.7. The number of para-hydroxylation sites is 1. The molecule has 25 heavy (non-hydrogen) atoms. The molecule has 1 atom stereocenters. The predicted octanol–water partition coefficient (Wildman–Crippen LogP) is 3.42. The van der Waals surface area contributed by atoms with Gasteiger partial charge < -0.3 is 15.5 Å². The molecule has 2 aromatic carbocycles. The van der Waals surface area contributed by atoms with Crippen LogP contribution in [-0.2, 0) is 16.0 Å². The lowest BCUT2D eigenvalue weighted by Gasteiger charge is -2.23. The zero-order chi connectivity index (χ0) is 17.8. The first-order chi connectivity index (χ1) is 12.0. The van der Waals surface area contributed by atoms with Gasteiger partial charge in [-0.2, -0.15) is 0 Å². The molecule has 2 amide bonds. The van der Waals surface area contributed by atoms with Crippen LogP contribution in [0.25, 0.3) is 0 Å². The molecule has 0 saturated carbocycles. The van der Waals surface area contributed by atoms with Crippen molar-refractivity contribution >= 4 is 28.9 Å². The van der Waals surface area contributed by atoms with E-state index in [1.165, 1.54) is 12.5 Å². The summed E-state index contributed by atoms with van der Waals surface area (Å²) in [4.78, 5) is 25.7. The maximum Gasteiger partial charge on any atom is 0.229 e. The summed E-state index contributed by atoms with van der Waals surface area (Å²) >= 11 is 0. The summed E-state index contributed by atoms with van der Waals surface area (Å²) in [5, 5.41) is 6.00. The van der Waals surface area contributed by atoms with Crippen LogP contribution in [0.2, 0.25) is 0 Å². The highest BCUT2D eigenvalue weighted by molar-refractivity contribution is 5.96. The standard InChI is InChI=1S/C20H23N3O2/c1-14-12-16-6-3-4-9-19(16)23(14)20(25)10-11-21-17-7-5-8-18(13-17)22-15(2)24/h3-9,13-14,21H,10-12H2,1-2H3,(H,22,24). The van der Waals surface area contributed by atoms with Crippen molar-refractivity contribution in [2.45, 2.75) is 32.7 Å². The lowest BCUT2D eigenvalue weighted by molar-refractivity contribution is -0.118. The van der Waals surface area contributed by atoms with Crippen molar-refractivity contribution in [2.24, 2.45) is 0 Å². The highest BCUT2D eigenvalue weighted by atomic mass is 16.2. The molecule has 1 aliphatic rings. The van der Waals surface area contributed by atoms with E-state index in [4.69, 9.17) is 0 Å². The summed E-state index contributed by atoms with van der Waals surface area (Å²) in [7, 11) is 0. The lowest BCUT2D eigenvalue weighted by atomic mass is 10.1. The molecule has 130 valence electrons. The second-order valence-electron chi connectivity index (χ2n) is 6.38. The Labute approximate surface area is 148 Å². The van der Waals surface area contributed by atoms with Gasteiger partial charge in [0.05, 0.1) is 0 Å². The van der Waals surface area contributed by atoms with E-state index < -0.39 is 0 Å². The molecule has 0 saturated heterocycles. The number of nitrogens with one attached hydrogen (secondary N) is 2. The van der Waals surface area contributed by atoms with E-state index in [-0.39, 0.29) is 17.9 Å². The van der Waals surface area contributed by atoms with Crippen LogP contribution in [0.5, 0.6) is 0 Å². The van der Waals surface area contributed by atoms with E-state index >= 15 is 0 Å². The molecule has 1 heterocycles. The van der Waals surface area contributed by atoms with Gasteiger partial charge >= 0.3 is 0 Å². The smallest absolute Gasteiger partial charge is 0.229 e. The van der Waals surface area contributed by atoms with Crippen LogP contribution in [0.1, 0.15) is 25.8 Å². The summed E-state index contributed by atoms with van der Waals surface area (Å²) < 4.78 is 0. The lowest BCUT2D eigenvalue weighted by Crippen LogP contribution is -2.36. The van der Waals surface area contributed by atoms with Crippen LogP contribution in [0.4, 0.5) is 17.1 Å². The van der Waals surface area contributed by atoms with Gasteiger partial charge in [0.25, 0.3) is 0 Å². The number of carbonyl (C=O) groups excluding carboxylic acids is 2. The molecular formula is C20H23N3O2. The average molecular weight is 337 g/mol. The molecule has 0 bridgehead atoms. The Morgan fingerprint density at radius 3 is 2.68 bits per heavy atom. The molecule has 5 heteroatoms. The molecule has 2 N–H and O–H groups in total. The van der Waals surface area contributed by atoms with Crippen LogP contribution in [0.3, 0.4) is 0 Å². The van der Waals surface area contributed by atoms with E-state index in [2.05, 4.69) is 23.6 Å². The van der Waals surface area contributed by atoms with Gasteiger partial charge in [-0.25, -0.2) is 0 Å². The quantitative estimate of drug-likeness (QED) is 0.879. The van der Waals surface area contributed by atoms with Crippen molar-refractivity contribution in [2.75, 3.05) is 22.1 Å². The highest BCUT2D eigenvalue weighted by Crippen LogP contribution is 2.32. The van der Waals surface area contributed by atoms with Gasteiger partial charge in [0, 0.05) is 43.0 Å². The Hall–Kier alpha value is -2.82. The SMILES string of the molecule is CC(=O)Nc1cccc(NCCC(=O)N2c3ccccc3CC2C)c1. The van der Waals surface area contributed by atoms with Crippen LogP contribution >= 0.6 is 0 Å². The van der Waals surface area contributed by atoms with Crippen molar-refractivity contribution in [3.8, 4) is 0 Å². The minimum atomic E-state index is -0.103. The molecule has 0 aromatic heterocycles. The summed E-state index contributed by atoms with van der Waals surface area (Å²) in [5.41, 5.74) is 3.90. The fourth-order valence-corrected chi connectivity index (χ4v) is 3.29. The largest absolute Gasteiger partial charge is 0.384 e. The van der Waals surface area contributed by atoms with E-state index in [1.807, 2.05) is 47.4 Å². The first-order valence-electron chi connectivity index (χ1n) is 8.56. The van der Waals surface area contributed by atoms with E-state index in [0.29, 0.717) is 13.0 Å². The van der Waals surface area contributed by atoms with Crippen molar-refractivity contribution in [1.82, 2.24) is 0 Å². The molecule has 0 radical (unpaired) electrons. The monoisotopic (exact) mass is 337 g/mol. The van der Waals surface area contributed by atoms with Crippen molar-refractivity contribution in [3.05, 3.63) is 54.1 Å². The zero-order valence-electron chi connectivity index (χ0n) is 14.6. The fourth-order valence-electron chi connectivity index (χ4n) is 3.29. The third kappa shape index (κ3) is 3.99. The Morgan fingerprint density at radius 1 is 1.12 bits per heavy atom. The van der Waals surface area contributed by atoms with E-state index in [1.54, 1.807) is 0 Å². The molecule has 5 nitrogen and oxygen atoms in total. The number of fused-ring (bicyclic) bond motifs is 1. The second kappa shape index (κ2) is 7.38. The molecule has 0 aliphatic carbocycles. The van der Waals surface area contributed by atoms with Crippen molar-refractivity contribution < 1.29 is 9.59 Å². The Morgan fingerprint density at radius 2 is 1.88 bits per heavy atom. The van der Waals surface area contributed by atoms with Crippen molar-refractivity contribution in [1.29, 1.82) is 0 Å². The number of amides is 2. The third-order valence-electron chi connectivity index (χ3n) is 4.33. The number of hydrogen-bond acceptors (Lipinski definition) is 3. The molecule has 3 rings (SSSR count). The van der Waals surface area contributed by atoms with Gasteiger partial charge in [0.2, 0.25) is 11.8 Å². The van der Waals surface area contributed by atoms with Gasteiger partial charge in [-0.15, -0.1) is 0 Å². The normalized spacial score (nSPS) is 15.6. The van der Waals surface area contributed by atoms with E-state index in [0.717, 1.165) is 23.5 Å². The molecule has 0 spiro atoms. The highest BCUT2D eigenvalue weighted by Gasteiger charge is 2.29. The summed E-state index contributed by atoms with van der Waals surface area (Å²) in [6.45, 7) is 4.11. The number of anilines is 3. The fraction of sp³-hybridized carbons (Fsp3) is 0.300. The minimum Gasteiger partial charge on any atom is -0.384 e. The molecular weight excluding hydrogens is 314 g/mol. The third-order valence-corrected chi connectivity index (χ3v) is 4.33. The first-order valence-corrected chi connectivity index (χ1v) is 8.56. The van der Waals surface area contributed by atoms with Crippen LogP contribution in [0, 0.1) is 0 Å². The van der Waals surface area contributed by atoms with Crippen LogP contribution in [0.15, 0.2) is 48.5 Å². The molecule has 1 aliphatic heterocycles. The summed E-state index contributed by atoms with van der Waals surface area (Å²) in [5.74, 6) is 0.0250. The first kappa shape index (κ1) is 17.0. The number of carbonyl (C=O) groups is 2. The van der Waals surface area contributed by atoms with E-state index in [9.17, 15) is 9.59 Å². The molecule has 2 aromatic rings. The Balaban J connectivity index is 1.57. The van der Waals surface area contributed by atoms with Crippen LogP contribution < -0.4 is 15.5 Å². The van der Waals surface area contributed by atoms with Crippen LogP contribution in [-0.4, -0.2) is 24.4 Å². The number of benzene rings is 2. The number of hydrogen-bond donors (Lipinski definition) is 2. The van der Waals surface area contributed by atoms with Gasteiger partial charge in [0.1, 0.15) is 0 Å². The molecule has 1 unspecified atom stereocenters. The topological polar surface area (TPSA) is 61.4 Å². The summed E-state index contributed by atoms with van der Waals surface area (Å²) in [6.07, 6.45) is 1.33. The Kier molecular flexibility index (Phi) is 5.03. The van der Waals surface area contributed by atoms with Crippen molar-refractivity contribution in [3.63, 3.8) is 0 Å². The van der Waals surface area contributed by atoms with Gasteiger partial charge in [0.15, 0.2) is 0 Å². The number of nitrogens with zero attached hydrogens (tertiary/aromatic N) is 1. The average Bonchev–Trinajstić information content (AvgIpc) is 2.90. The summed E-state index contributed by atoms with van der Waals surface area (Å²) in [6, 6.07) is 15.8. The second-order valence-corrected chi connectivity index (χ2v) is 6.38. The molecule has 0 fully saturated rings. The minimum absolute atomic E-state index is 0.103. The number of rotatable bonds is 5. The zero-order valence-corrected chi connectivity index (χ0v) is 14.6. The predicted molar refractivity (Wildman–Crippen MR) is 101 cm³/mol. The Bertz CT molecular complexity index is 788. The maximum absolute atomic E-state index is 12.7. The van der Waals surface area contributed by atoms with Gasteiger partial charge in [-0.1, -0.05) is 24.3 Å².